The van der Waals surface area contributed by atoms with Gasteiger partial charge in [-0.25, -0.2) is 0 Å². The van der Waals surface area contributed by atoms with Crippen LogP contribution in [0.25, 0.3) is 0 Å². The second-order valence-electron chi connectivity index (χ2n) is 26.9. The summed E-state index contributed by atoms with van der Waals surface area (Å²) in [5, 5.41) is 0. The van der Waals surface area contributed by atoms with Crippen molar-refractivity contribution in [2.45, 2.75) is 464 Å². The largest absolute Gasteiger partial charge is 2.00 e. The third kappa shape index (κ3) is 88.7. The molecule has 0 aliphatic carbocycles. The van der Waals surface area contributed by atoms with Gasteiger partial charge in [-0.1, -0.05) is 439 Å². The Kier molecular flexibility index (Phi) is 89.5. The molecule has 87 heavy (non-hydrogen) atoms. The SMILES string of the molecule is CCCCCCCCCCCCCCCCCCCO[P+]([S-])([S-])OCCCCCCCCCCCCCCCCCCC.CCCCCCCCCCCCCCCCCCCO[P+]([S-])([S-])OCCCCCCCCCCCCCCCCCCC.[Zn+2]. The van der Waals surface area contributed by atoms with Gasteiger partial charge in [-0.3, -0.25) is 18.1 Å². The molecule has 0 radical (unpaired) electrons. The van der Waals surface area contributed by atoms with Gasteiger partial charge in [0.05, 0.1) is 26.4 Å². The Morgan fingerprint density at radius 2 is 0.230 bits per heavy atom. The van der Waals surface area contributed by atoms with Gasteiger partial charge >= 0.3 is 19.5 Å². The van der Waals surface area contributed by atoms with Gasteiger partial charge in [-0.05, 0) is 25.7 Å². The van der Waals surface area contributed by atoms with Gasteiger partial charge in [0, 0.05) is 12.2 Å². The van der Waals surface area contributed by atoms with Crippen LogP contribution in [-0.4, -0.2) is 26.4 Å². The first-order valence-corrected chi connectivity index (χ1v) is 46.7. The van der Waals surface area contributed by atoms with Crippen LogP contribution in [0.5, 0.6) is 0 Å². The van der Waals surface area contributed by atoms with E-state index in [0.29, 0.717) is 26.4 Å². The molecule has 0 saturated carbocycles. The number of unbranched alkanes of at least 4 members (excludes halogenated alkanes) is 64. The van der Waals surface area contributed by atoms with Crippen LogP contribution in [0.1, 0.15) is 464 Å². The second kappa shape index (κ2) is 83.0. The molecule has 0 aliphatic rings. The summed E-state index contributed by atoms with van der Waals surface area (Å²) in [7, 11) is 0. The van der Waals surface area contributed by atoms with Crippen molar-refractivity contribution in [2.75, 3.05) is 26.4 Å². The van der Waals surface area contributed by atoms with E-state index in [0.717, 1.165) is 25.7 Å². The van der Waals surface area contributed by atoms with Crippen molar-refractivity contribution < 1.29 is 37.6 Å². The number of rotatable bonds is 76. The van der Waals surface area contributed by atoms with Crippen molar-refractivity contribution in [2.24, 2.45) is 0 Å². The summed E-state index contributed by atoms with van der Waals surface area (Å²) in [6.45, 7) is 11.9. The average Bonchev–Trinajstić information content (AvgIpc) is 3.54. The maximum absolute atomic E-state index is 5.81. The number of hydrogen-bond acceptors (Lipinski definition) is 8. The molecule has 0 amide bonds. The van der Waals surface area contributed by atoms with Crippen molar-refractivity contribution >= 4 is 61.2 Å². The third-order valence-corrected chi connectivity index (χ3v) is 22.5. The monoisotopic (exact) mass is 1390 g/mol. The van der Waals surface area contributed by atoms with Gasteiger partial charge in [-0.15, -0.1) is 0 Å². The molecule has 520 valence electrons. The Morgan fingerprint density at radius 3 is 0.322 bits per heavy atom. The van der Waals surface area contributed by atoms with Crippen LogP contribution in [0.2, 0.25) is 0 Å². The molecule has 0 aromatic rings. The molecule has 0 rings (SSSR count). The van der Waals surface area contributed by atoms with E-state index >= 15 is 0 Å². The van der Waals surface area contributed by atoms with Crippen LogP contribution in [-0.2, 0) is 86.6 Å². The van der Waals surface area contributed by atoms with Gasteiger partial charge in [0.25, 0.3) is 0 Å². The van der Waals surface area contributed by atoms with E-state index in [9.17, 15) is 0 Å². The smallest absolute Gasteiger partial charge is 0.516 e. The molecular weight excluding hydrogens is 1230 g/mol. The zero-order valence-electron chi connectivity index (χ0n) is 59.8. The fourth-order valence-electron chi connectivity index (χ4n) is 12.1. The Hall–Kier alpha value is 2.72. The standard InChI is InChI=1S/2C38H79O2PS2.Zn/c2*1-3-5-7-9-11-13-15-17-19-21-23-25-27-29-31-33-35-37-39-41(42,43)40-38-36-34-32-30-28-26-24-22-20-18-16-14-12-10-8-6-4-2;/h2*3-38H2,1-2H3,(H,42,43);/q;;+2/p-2. The molecule has 0 aromatic heterocycles. The molecule has 0 aromatic carbocycles. The average molecular weight is 1390 g/mol. The van der Waals surface area contributed by atoms with Crippen LogP contribution < -0.4 is 0 Å². The molecule has 0 atom stereocenters. The predicted molar refractivity (Wildman–Crippen MR) is 404 cm³/mol. The molecule has 0 heterocycles. The quantitative estimate of drug-likeness (QED) is 0.0258. The topological polar surface area (TPSA) is 36.9 Å². The molecule has 11 heteroatoms. The molecular formula is C76H156O4P2S4Zn. The predicted octanol–water partition coefficient (Wildman–Crippen LogP) is 30.2. The molecule has 4 nitrogen and oxygen atoms in total. The van der Waals surface area contributed by atoms with E-state index < -0.39 is 12.2 Å². The Morgan fingerprint density at radius 1 is 0.149 bits per heavy atom. The molecule has 0 unspecified atom stereocenters. The van der Waals surface area contributed by atoms with Crippen molar-refractivity contribution in [3.05, 3.63) is 0 Å². The fraction of sp³-hybridized carbons (Fsp3) is 1.00. The summed E-state index contributed by atoms with van der Waals surface area (Å²) in [4.78, 5) is 0. The summed E-state index contributed by atoms with van der Waals surface area (Å²) < 4.78 is 23.2. The van der Waals surface area contributed by atoms with E-state index in [4.69, 9.17) is 67.1 Å². The summed E-state index contributed by atoms with van der Waals surface area (Å²) in [5.41, 5.74) is 0. The first kappa shape index (κ1) is 93.9. The maximum atomic E-state index is 5.81. The Labute approximate surface area is 585 Å². The van der Waals surface area contributed by atoms with Crippen molar-refractivity contribution in [1.82, 2.24) is 0 Å². The minimum Gasteiger partial charge on any atom is -0.516 e. The zero-order valence-corrected chi connectivity index (χ0v) is 67.8. The summed E-state index contributed by atoms with van der Waals surface area (Å²) in [6, 6.07) is 0. The van der Waals surface area contributed by atoms with Gasteiger partial charge in [0.15, 0.2) is 0 Å². The fourth-order valence-corrected chi connectivity index (χ4v) is 15.4. The first-order chi connectivity index (χ1) is 42.2. The van der Waals surface area contributed by atoms with E-state index in [1.165, 1.54) is 411 Å². The van der Waals surface area contributed by atoms with Crippen molar-refractivity contribution in [3.8, 4) is 0 Å². The molecule has 0 N–H and O–H groups in total. The van der Waals surface area contributed by atoms with E-state index in [2.05, 4.69) is 27.7 Å². The summed E-state index contributed by atoms with van der Waals surface area (Å²) in [6.07, 6.45) is 89.3. The zero-order chi connectivity index (χ0) is 62.7. The molecule has 0 bridgehead atoms. The van der Waals surface area contributed by atoms with Crippen LogP contribution in [0.15, 0.2) is 0 Å². The van der Waals surface area contributed by atoms with Crippen molar-refractivity contribution in [3.63, 3.8) is 0 Å². The second-order valence-corrected chi connectivity index (χ2v) is 36.8. The molecule has 0 aliphatic heterocycles. The number of hydrogen-bond donors (Lipinski definition) is 0. The van der Waals surface area contributed by atoms with Crippen LogP contribution in [0.4, 0.5) is 0 Å². The molecule has 0 saturated heterocycles. The van der Waals surface area contributed by atoms with Crippen molar-refractivity contribution in [1.29, 1.82) is 0 Å². The molecule has 0 fully saturated rings. The van der Waals surface area contributed by atoms with Crippen LogP contribution in [0.3, 0.4) is 0 Å². The van der Waals surface area contributed by atoms with Gasteiger partial charge in [0.2, 0.25) is 0 Å². The van der Waals surface area contributed by atoms with E-state index in [1.54, 1.807) is 0 Å². The minimum absolute atomic E-state index is 0. The van der Waals surface area contributed by atoms with Gasteiger partial charge in [0.1, 0.15) is 0 Å². The third-order valence-electron chi connectivity index (χ3n) is 18.0. The maximum Gasteiger partial charge on any atom is 2.00 e. The Bertz CT molecular complexity index is 1020. The molecule has 0 spiro atoms. The van der Waals surface area contributed by atoms with Crippen LogP contribution >= 0.6 is 12.2 Å². The first-order valence-electron chi connectivity index (χ1n) is 39.4. The van der Waals surface area contributed by atoms with E-state index in [-0.39, 0.29) is 19.5 Å². The van der Waals surface area contributed by atoms with Gasteiger partial charge in [-0.2, -0.15) is 0 Å². The van der Waals surface area contributed by atoms with E-state index in [1.807, 2.05) is 0 Å². The normalized spacial score (nSPS) is 11.9. The van der Waals surface area contributed by atoms with Crippen LogP contribution in [0, 0.1) is 0 Å². The summed E-state index contributed by atoms with van der Waals surface area (Å²) in [5.74, 6) is 0. The summed E-state index contributed by atoms with van der Waals surface area (Å²) >= 11 is 21.8. The minimum atomic E-state index is -2.46. The van der Waals surface area contributed by atoms with Gasteiger partial charge < -0.3 is 49.0 Å². The Balaban J connectivity index is -0.00000160.